The number of anilines is 1. The van der Waals surface area contributed by atoms with Gasteiger partial charge < -0.3 is 10.5 Å². The van der Waals surface area contributed by atoms with Crippen molar-refractivity contribution in [2.24, 2.45) is 0 Å². The van der Waals surface area contributed by atoms with E-state index >= 15 is 0 Å². The van der Waals surface area contributed by atoms with E-state index in [0.29, 0.717) is 15.7 Å². The van der Waals surface area contributed by atoms with Crippen LogP contribution in [0.4, 0.5) is 5.69 Å². The molecule has 20 heavy (non-hydrogen) atoms. The van der Waals surface area contributed by atoms with E-state index in [-0.39, 0.29) is 0 Å². The van der Waals surface area contributed by atoms with Crippen LogP contribution in [0.1, 0.15) is 0 Å². The third-order valence-corrected chi connectivity index (χ3v) is 4.50. The van der Waals surface area contributed by atoms with E-state index < -0.39 is 0 Å². The molecular weight excluding hydrogens is 315 g/mol. The number of rotatable bonds is 2. The third-order valence-electron chi connectivity index (χ3n) is 2.92. The van der Waals surface area contributed by atoms with Gasteiger partial charge in [0.1, 0.15) is 10.8 Å². The van der Waals surface area contributed by atoms with Crippen LogP contribution in [-0.2, 0) is 0 Å². The standard InChI is InChI=1S/C14H10Cl2N2OS/c1-19-8-2-3-11-12(6-8)20-14(18-11)9-4-7(15)5-10(16)13(9)17/h2-6H,17H2,1H3. The Labute approximate surface area is 129 Å². The molecule has 0 atom stereocenters. The number of hydrogen-bond acceptors (Lipinski definition) is 4. The zero-order valence-corrected chi connectivity index (χ0v) is 12.8. The van der Waals surface area contributed by atoms with Crippen LogP contribution in [0.25, 0.3) is 20.8 Å². The topological polar surface area (TPSA) is 48.1 Å². The molecule has 0 aliphatic carbocycles. The maximum atomic E-state index is 6.06. The van der Waals surface area contributed by atoms with Gasteiger partial charge in [-0.25, -0.2) is 4.98 Å². The zero-order chi connectivity index (χ0) is 14.3. The van der Waals surface area contributed by atoms with E-state index in [1.54, 1.807) is 19.2 Å². The van der Waals surface area contributed by atoms with Gasteiger partial charge in [0, 0.05) is 10.6 Å². The summed E-state index contributed by atoms with van der Waals surface area (Å²) in [4.78, 5) is 4.57. The summed E-state index contributed by atoms with van der Waals surface area (Å²) >= 11 is 13.6. The molecule has 0 saturated carbocycles. The Bertz CT molecular complexity index is 801. The van der Waals surface area contributed by atoms with Gasteiger partial charge in [0.05, 0.1) is 28.0 Å². The van der Waals surface area contributed by atoms with Crippen LogP contribution < -0.4 is 10.5 Å². The highest BCUT2D eigenvalue weighted by Crippen LogP contribution is 2.39. The Kier molecular flexibility index (Phi) is 3.46. The molecule has 6 heteroatoms. The van der Waals surface area contributed by atoms with Crippen molar-refractivity contribution in [3.63, 3.8) is 0 Å². The van der Waals surface area contributed by atoms with Crippen LogP contribution in [0.5, 0.6) is 5.75 Å². The number of nitrogen functional groups attached to an aromatic ring is 1. The Morgan fingerprint density at radius 2 is 2.00 bits per heavy atom. The van der Waals surface area contributed by atoms with E-state index in [1.165, 1.54) is 11.3 Å². The average molecular weight is 325 g/mol. The SMILES string of the molecule is COc1ccc2nc(-c3cc(Cl)cc(Cl)c3N)sc2c1. The van der Waals surface area contributed by atoms with Gasteiger partial charge in [0.25, 0.3) is 0 Å². The third kappa shape index (κ3) is 2.30. The van der Waals surface area contributed by atoms with Gasteiger partial charge in [-0.15, -0.1) is 11.3 Å². The van der Waals surface area contributed by atoms with Crippen molar-refractivity contribution >= 4 is 50.4 Å². The summed E-state index contributed by atoms with van der Waals surface area (Å²) in [5, 5.41) is 1.76. The summed E-state index contributed by atoms with van der Waals surface area (Å²) in [7, 11) is 1.64. The molecule has 0 bridgehead atoms. The number of methoxy groups -OCH3 is 1. The van der Waals surface area contributed by atoms with Gasteiger partial charge in [0.15, 0.2) is 0 Å². The molecule has 102 valence electrons. The minimum atomic E-state index is 0.435. The fourth-order valence-corrected chi connectivity index (χ4v) is 3.43. The number of thiazole rings is 1. The second kappa shape index (κ2) is 5.13. The van der Waals surface area contributed by atoms with E-state index in [9.17, 15) is 0 Å². The molecule has 0 aliphatic heterocycles. The summed E-state index contributed by atoms with van der Waals surface area (Å²) < 4.78 is 6.23. The summed E-state index contributed by atoms with van der Waals surface area (Å²) in [5.74, 6) is 0.796. The predicted molar refractivity (Wildman–Crippen MR) is 86.0 cm³/mol. The molecule has 2 N–H and O–H groups in total. The molecule has 3 aromatic rings. The van der Waals surface area contributed by atoms with Gasteiger partial charge >= 0.3 is 0 Å². The second-order valence-electron chi connectivity index (χ2n) is 4.20. The van der Waals surface area contributed by atoms with Crippen LogP contribution >= 0.6 is 34.5 Å². The van der Waals surface area contributed by atoms with Crippen LogP contribution in [0.15, 0.2) is 30.3 Å². The first kappa shape index (κ1) is 13.5. The fraction of sp³-hybridized carbons (Fsp3) is 0.0714. The van der Waals surface area contributed by atoms with Gasteiger partial charge in [-0.05, 0) is 30.3 Å². The Hall–Kier alpha value is -1.49. The summed E-state index contributed by atoms with van der Waals surface area (Å²) in [6.45, 7) is 0. The normalized spacial score (nSPS) is 10.9. The van der Waals surface area contributed by atoms with Crippen molar-refractivity contribution in [1.29, 1.82) is 0 Å². The first-order valence-electron chi connectivity index (χ1n) is 5.78. The lowest BCUT2D eigenvalue weighted by Gasteiger charge is -2.05. The Morgan fingerprint density at radius 3 is 2.75 bits per heavy atom. The van der Waals surface area contributed by atoms with E-state index in [1.807, 2.05) is 18.2 Å². The lowest BCUT2D eigenvalue weighted by atomic mass is 10.2. The molecule has 1 aromatic heterocycles. The van der Waals surface area contributed by atoms with Crippen molar-refractivity contribution in [2.75, 3.05) is 12.8 Å². The largest absolute Gasteiger partial charge is 0.497 e. The molecule has 3 nitrogen and oxygen atoms in total. The van der Waals surface area contributed by atoms with Crippen LogP contribution in [0, 0.1) is 0 Å². The number of fused-ring (bicyclic) bond motifs is 1. The smallest absolute Gasteiger partial charge is 0.126 e. The first-order chi connectivity index (χ1) is 9.58. The molecule has 1 heterocycles. The molecule has 0 radical (unpaired) electrons. The molecule has 3 rings (SSSR count). The van der Waals surface area contributed by atoms with E-state index in [4.69, 9.17) is 33.7 Å². The Morgan fingerprint density at radius 1 is 1.20 bits per heavy atom. The minimum absolute atomic E-state index is 0.435. The van der Waals surface area contributed by atoms with Crippen LogP contribution in [-0.4, -0.2) is 12.1 Å². The van der Waals surface area contributed by atoms with E-state index in [2.05, 4.69) is 4.98 Å². The van der Waals surface area contributed by atoms with Crippen molar-refractivity contribution in [3.05, 3.63) is 40.4 Å². The van der Waals surface area contributed by atoms with Gasteiger partial charge in [0.2, 0.25) is 0 Å². The number of aromatic nitrogens is 1. The molecule has 0 fully saturated rings. The van der Waals surface area contributed by atoms with Gasteiger partial charge in [-0.3, -0.25) is 0 Å². The van der Waals surface area contributed by atoms with Crippen molar-refractivity contribution < 1.29 is 4.74 Å². The summed E-state index contributed by atoms with van der Waals surface area (Å²) in [6, 6.07) is 9.13. The number of ether oxygens (including phenoxy) is 1. The van der Waals surface area contributed by atoms with Crippen LogP contribution in [0.2, 0.25) is 10.0 Å². The maximum absolute atomic E-state index is 6.06. The Balaban J connectivity index is 2.20. The van der Waals surface area contributed by atoms with Crippen molar-refractivity contribution in [1.82, 2.24) is 4.98 Å². The molecule has 2 aromatic carbocycles. The van der Waals surface area contributed by atoms with E-state index in [0.717, 1.165) is 26.5 Å². The maximum Gasteiger partial charge on any atom is 0.126 e. The van der Waals surface area contributed by atoms with Crippen molar-refractivity contribution in [3.8, 4) is 16.3 Å². The van der Waals surface area contributed by atoms with Gasteiger partial charge in [-0.2, -0.15) is 0 Å². The van der Waals surface area contributed by atoms with Gasteiger partial charge in [-0.1, -0.05) is 23.2 Å². The average Bonchev–Trinajstić information content (AvgIpc) is 2.85. The number of hydrogen-bond donors (Lipinski definition) is 1. The predicted octanol–water partition coefficient (Wildman–Crippen LogP) is 4.86. The quantitative estimate of drug-likeness (QED) is 0.685. The van der Waals surface area contributed by atoms with Crippen LogP contribution in [0.3, 0.4) is 0 Å². The monoisotopic (exact) mass is 324 g/mol. The lowest BCUT2D eigenvalue weighted by Crippen LogP contribution is -1.91. The lowest BCUT2D eigenvalue weighted by molar-refractivity contribution is 0.415. The highest BCUT2D eigenvalue weighted by molar-refractivity contribution is 7.21. The highest BCUT2D eigenvalue weighted by atomic mass is 35.5. The number of benzene rings is 2. The zero-order valence-electron chi connectivity index (χ0n) is 10.5. The molecule has 0 unspecified atom stereocenters. The first-order valence-corrected chi connectivity index (χ1v) is 7.35. The highest BCUT2D eigenvalue weighted by Gasteiger charge is 2.13. The molecule has 0 saturated heterocycles. The number of halogens is 2. The molecular formula is C14H10Cl2N2OS. The number of nitrogens with two attached hydrogens (primary N) is 1. The molecule has 0 spiro atoms. The fourth-order valence-electron chi connectivity index (χ4n) is 1.91. The summed E-state index contributed by atoms with van der Waals surface area (Å²) in [5.41, 5.74) is 8.14. The molecule has 0 aliphatic rings. The van der Waals surface area contributed by atoms with Crippen molar-refractivity contribution in [2.45, 2.75) is 0 Å². The second-order valence-corrected chi connectivity index (χ2v) is 6.08. The summed E-state index contributed by atoms with van der Waals surface area (Å²) in [6.07, 6.45) is 0. The molecule has 0 amide bonds. The number of nitrogens with zero attached hydrogens (tertiary/aromatic N) is 1. The minimum Gasteiger partial charge on any atom is -0.497 e.